The van der Waals surface area contributed by atoms with Gasteiger partial charge in [0.05, 0.1) is 27.0 Å². The SMILES string of the molecule is C.CCN(C(=O)[N+]1=NN=[N+](c2ccccc2Cl)C1=O)C1CCCCC1. The van der Waals surface area contributed by atoms with E-state index in [1.54, 1.807) is 29.2 Å². The third kappa shape index (κ3) is 3.76. The van der Waals surface area contributed by atoms with E-state index in [1.807, 2.05) is 6.92 Å². The Kier molecular flexibility index (Phi) is 6.36. The van der Waals surface area contributed by atoms with Crippen LogP contribution in [0.3, 0.4) is 0 Å². The predicted octanol–water partition coefficient (Wildman–Crippen LogP) is 5.36. The van der Waals surface area contributed by atoms with E-state index in [-0.39, 0.29) is 13.5 Å². The van der Waals surface area contributed by atoms with Crippen LogP contribution >= 0.6 is 11.6 Å². The zero-order valence-electron chi connectivity index (χ0n) is 13.6. The van der Waals surface area contributed by atoms with E-state index in [1.165, 1.54) is 6.42 Å². The van der Waals surface area contributed by atoms with Crippen LogP contribution in [0, 0.1) is 0 Å². The second-order valence-corrected chi connectivity index (χ2v) is 6.30. The molecule has 0 spiro atoms. The molecule has 7 nitrogen and oxygen atoms in total. The van der Waals surface area contributed by atoms with E-state index in [4.69, 9.17) is 11.6 Å². The molecule has 134 valence electrons. The van der Waals surface area contributed by atoms with Gasteiger partial charge in [-0.05, 0) is 44.7 Å². The topological polar surface area (TPSA) is 68.1 Å². The molecule has 0 atom stereocenters. The Morgan fingerprint density at radius 3 is 2.56 bits per heavy atom. The van der Waals surface area contributed by atoms with Gasteiger partial charge in [0.25, 0.3) is 5.22 Å². The van der Waals surface area contributed by atoms with Crippen molar-refractivity contribution in [3.63, 3.8) is 0 Å². The van der Waals surface area contributed by atoms with Crippen molar-refractivity contribution in [2.45, 2.75) is 52.5 Å². The molecule has 1 fully saturated rings. The minimum Gasteiger partial charge on any atom is -0.221 e. The first-order chi connectivity index (χ1) is 11.6. The van der Waals surface area contributed by atoms with Gasteiger partial charge in [-0.1, -0.05) is 37.6 Å². The van der Waals surface area contributed by atoms with Crippen molar-refractivity contribution in [3.05, 3.63) is 29.3 Å². The van der Waals surface area contributed by atoms with Gasteiger partial charge in [0.15, 0.2) is 0 Å². The average molecular weight is 366 g/mol. The predicted molar refractivity (Wildman–Crippen MR) is 93.3 cm³/mol. The average Bonchev–Trinajstić information content (AvgIpc) is 2.98. The Morgan fingerprint density at radius 1 is 1.24 bits per heavy atom. The van der Waals surface area contributed by atoms with Crippen molar-refractivity contribution in [1.82, 2.24) is 4.90 Å². The van der Waals surface area contributed by atoms with Crippen molar-refractivity contribution in [2.24, 2.45) is 10.4 Å². The summed E-state index contributed by atoms with van der Waals surface area (Å²) in [6, 6.07) is 5.95. The Labute approximate surface area is 152 Å². The van der Waals surface area contributed by atoms with E-state index in [9.17, 15) is 9.59 Å². The van der Waals surface area contributed by atoms with Gasteiger partial charge in [0.2, 0.25) is 10.9 Å². The largest absolute Gasteiger partial charge is 0.581 e. The summed E-state index contributed by atoms with van der Waals surface area (Å²) in [5.41, 5.74) is 0.406. The standard InChI is InChI=1S/C16H20ClN5O2.CH4/c1-2-20(12-8-4-3-5-9-12)15(23)22-16(24)21(18-19-22)14-11-7-6-10-13(14)17;/h6-7,10-12H,2-5,8-9H2,1H3;1H4/q+2;. The number of urea groups is 2. The molecule has 0 aromatic heterocycles. The van der Waals surface area contributed by atoms with Crippen molar-refractivity contribution in [2.75, 3.05) is 6.54 Å². The zero-order chi connectivity index (χ0) is 17.1. The lowest BCUT2D eigenvalue weighted by molar-refractivity contribution is -0.504. The third-order valence-corrected chi connectivity index (χ3v) is 4.76. The Balaban J connectivity index is 0.00000225. The van der Waals surface area contributed by atoms with Gasteiger partial charge in [-0.15, -0.1) is 0 Å². The molecule has 1 aromatic rings. The molecule has 4 amide bonds. The molecular formula is C17H24ClN5O2+2. The third-order valence-electron chi connectivity index (χ3n) is 4.44. The fraction of sp³-hybridized carbons (Fsp3) is 0.529. The van der Waals surface area contributed by atoms with Crippen LogP contribution in [0.5, 0.6) is 0 Å². The summed E-state index contributed by atoms with van der Waals surface area (Å²) in [5.74, 6) is 0. The quantitative estimate of drug-likeness (QED) is 0.676. The minimum absolute atomic E-state index is 0. The van der Waals surface area contributed by atoms with E-state index in [0.717, 1.165) is 35.1 Å². The lowest BCUT2D eigenvalue weighted by Gasteiger charge is -2.26. The van der Waals surface area contributed by atoms with Crippen LogP contribution < -0.4 is 0 Å². The Hall–Kier alpha value is -2.15. The molecule has 0 saturated heterocycles. The number of amides is 4. The molecule has 1 aliphatic heterocycles. The second kappa shape index (κ2) is 8.29. The van der Waals surface area contributed by atoms with Gasteiger partial charge in [0, 0.05) is 0 Å². The van der Waals surface area contributed by atoms with Crippen molar-refractivity contribution in [3.8, 4) is 0 Å². The van der Waals surface area contributed by atoms with E-state index < -0.39 is 12.1 Å². The highest BCUT2D eigenvalue weighted by molar-refractivity contribution is 6.32. The van der Waals surface area contributed by atoms with Crippen molar-refractivity contribution >= 4 is 29.4 Å². The number of nitrogens with zero attached hydrogens (tertiary/aromatic N) is 5. The smallest absolute Gasteiger partial charge is 0.221 e. The monoisotopic (exact) mass is 365 g/mol. The lowest BCUT2D eigenvalue weighted by atomic mass is 9.94. The number of imide groups is 1. The molecular weight excluding hydrogens is 342 g/mol. The second-order valence-electron chi connectivity index (χ2n) is 5.90. The molecule has 0 bridgehead atoms. The maximum absolute atomic E-state index is 12.8. The highest BCUT2D eigenvalue weighted by Crippen LogP contribution is 2.27. The van der Waals surface area contributed by atoms with Gasteiger partial charge in [-0.2, -0.15) is 9.59 Å². The van der Waals surface area contributed by atoms with E-state index >= 15 is 0 Å². The van der Waals surface area contributed by atoms with Crippen LogP contribution in [0.2, 0.25) is 5.02 Å². The number of hydrogen-bond donors (Lipinski definition) is 0. The minimum atomic E-state index is -0.609. The molecule has 8 heteroatoms. The first-order valence-corrected chi connectivity index (χ1v) is 8.62. The Morgan fingerprint density at radius 2 is 1.92 bits per heavy atom. The van der Waals surface area contributed by atoms with Crippen LogP contribution in [-0.4, -0.2) is 38.9 Å². The van der Waals surface area contributed by atoms with Crippen LogP contribution in [0.15, 0.2) is 34.7 Å². The van der Waals surface area contributed by atoms with Crippen LogP contribution in [0.4, 0.5) is 15.3 Å². The lowest BCUT2D eigenvalue weighted by Crippen LogP contribution is -2.46. The molecule has 25 heavy (non-hydrogen) atoms. The summed E-state index contributed by atoms with van der Waals surface area (Å²) in [5, 5.41) is 7.95. The van der Waals surface area contributed by atoms with Gasteiger partial charge in [-0.3, -0.25) is 0 Å². The molecule has 3 rings (SSSR count). The highest BCUT2D eigenvalue weighted by Gasteiger charge is 2.48. The normalized spacial score (nSPS) is 17.6. The fourth-order valence-electron chi connectivity index (χ4n) is 3.21. The van der Waals surface area contributed by atoms with Crippen LogP contribution in [0.25, 0.3) is 0 Å². The maximum Gasteiger partial charge on any atom is 0.581 e. The molecule has 0 unspecified atom stereocenters. The summed E-state index contributed by atoms with van der Waals surface area (Å²) in [7, 11) is 0. The van der Waals surface area contributed by atoms with Gasteiger partial charge >= 0.3 is 12.1 Å². The first kappa shape index (κ1) is 19.2. The van der Waals surface area contributed by atoms with E-state index in [0.29, 0.717) is 17.3 Å². The number of hydrogen-bond acceptors (Lipinski definition) is 4. The number of halogens is 1. The molecule has 1 aromatic carbocycles. The van der Waals surface area contributed by atoms with E-state index in [2.05, 4.69) is 10.4 Å². The van der Waals surface area contributed by atoms with Gasteiger partial charge < -0.3 is 0 Å². The van der Waals surface area contributed by atoms with Gasteiger partial charge in [0.1, 0.15) is 0 Å². The molecule has 0 N–H and O–H groups in total. The van der Waals surface area contributed by atoms with Crippen LogP contribution in [0.1, 0.15) is 46.5 Å². The summed E-state index contributed by atoms with van der Waals surface area (Å²) < 4.78 is 1.87. The molecule has 2 aliphatic rings. The van der Waals surface area contributed by atoms with Crippen molar-refractivity contribution in [1.29, 1.82) is 0 Å². The summed E-state index contributed by atoms with van der Waals surface area (Å²) in [6.07, 6.45) is 5.34. The molecule has 0 radical (unpaired) electrons. The number of benzene rings is 1. The van der Waals surface area contributed by atoms with Crippen molar-refractivity contribution < 1.29 is 19.0 Å². The molecule has 1 heterocycles. The highest BCUT2D eigenvalue weighted by atomic mass is 35.5. The first-order valence-electron chi connectivity index (χ1n) is 8.24. The Bertz CT molecular complexity index is 726. The summed E-state index contributed by atoms with van der Waals surface area (Å²) in [6.45, 7) is 2.45. The number of carbonyl (C=O) groups excluding carboxylic acids is 2. The van der Waals surface area contributed by atoms with Crippen LogP contribution in [-0.2, 0) is 0 Å². The zero-order valence-corrected chi connectivity index (χ0v) is 14.3. The molecule has 1 aliphatic carbocycles. The fourth-order valence-corrected chi connectivity index (χ4v) is 3.42. The van der Waals surface area contributed by atoms with Gasteiger partial charge in [-0.25, -0.2) is 4.90 Å². The number of rotatable bonds is 3. The summed E-state index contributed by atoms with van der Waals surface area (Å²) >= 11 is 6.10. The number of carbonyl (C=O) groups is 2. The summed E-state index contributed by atoms with van der Waals surface area (Å²) in [4.78, 5) is 27.0. The number of para-hydroxylation sites is 1. The molecule has 1 saturated carbocycles. The maximum atomic E-state index is 12.8.